The Balaban J connectivity index is 2.17. The summed E-state index contributed by atoms with van der Waals surface area (Å²) in [7, 11) is 0. The van der Waals surface area contributed by atoms with Crippen LogP contribution in [0.25, 0.3) is 10.8 Å². The molecule has 3 aromatic carbocycles. The van der Waals surface area contributed by atoms with Crippen LogP contribution in [0.15, 0.2) is 65.1 Å². The molecule has 1 nitrogen and oxygen atoms in total. The third kappa shape index (κ3) is 2.47. The molecule has 3 rings (SSSR count). The second-order valence-corrected chi connectivity index (χ2v) is 5.96. The number of hydrogen-bond donors (Lipinski definition) is 1. The zero-order valence-corrected chi connectivity index (χ0v) is 12.9. The van der Waals surface area contributed by atoms with E-state index in [-0.39, 0.29) is 0 Å². The maximum Gasteiger partial charge on any atom is 0.106 e. The number of fused-ring (bicyclic) bond motifs is 1. The van der Waals surface area contributed by atoms with Gasteiger partial charge in [-0.25, -0.2) is 0 Å². The van der Waals surface area contributed by atoms with Crippen molar-refractivity contribution in [2.24, 2.45) is 0 Å². The lowest BCUT2D eigenvalue weighted by molar-refractivity contribution is 0.222. The molecule has 0 aliphatic heterocycles. The van der Waals surface area contributed by atoms with Crippen molar-refractivity contribution in [3.05, 3.63) is 81.3 Å². The van der Waals surface area contributed by atoms with Gasteiger partial charge in [-0.15, -0.1) is 0 Å². The van der Waals surface area contributed by atoms with E-state index in [0.29, 0.717) is 10.6 Å². The van der Waals surface area contributed by atoms with Crippen LogP contribution >= 0.6 is 27.5 Å². The van der Waals surface area contributed by atoms with Crippen molar-refractivity contribution >= 4 is 38.3 Å². The molecule has 20 heavy (non-hydrogen) atoms. The fourth-order valence-corrected chi connectivity index (χ4v) is 2.98. The fraction of sp³-hybridized carbons (Fsp3) is 0.0588. The Morgan fingerprint density at radius 1 is 0.900 bits per heavy atom. The maximum atomic E-state index is 10.7. The Labute approximate surface area is 131 Å². The maximum absolute atomic E-state index is 10.7. The van der Waals surface area contributed by atoms with Crippen LogP contribution in [0, 0.1) is 0 Å². The van der Waals surface area contributed by atoms with E-state index in [2.05, 4.69) is 15.9 Å². The van der Waals surface area contributed by atoms with Gasteiger partial charge in [-0.1, -0.05) is 70.0 Å². The summed E-state index contributed by atoms with van der Waals surface area (Å²) < 4.78 is 0.899. The van der Waals surface area contributed by atoms with Crippen molar-refractivity contribution in [1.29, 1.82) is 0 Å². The van der Waals surface area contributed by atoms with Gasteiger partial charge in [0.25, 0.3) is 0 Å². The normalized spacial score (nSPS) is 12.6. The minimum Gasteiger partial charge on any atom is -0.384 e. The fourth-order valence-electron chi connectivity index (χ4n) is 2.38. The molecule has 1 N–H and O–H groups in total. The highest BCUT2D eigenvalue weighted by Crippen LogP contribution is 2.33. The van der Waals surface area contributed by atoms with Crippen LogP contribution in [0.4, 0.5) is 0 Å². The molecule has 0 aliphatic rings. The van der Waals surface area contributed by atoms with Crippen molar-refractivity contribution in [3.8, 4) is 0 Å². The first-order chi connectivity index (χ1) is 9.66. The Hall–Kier alpha value is -1.35. The Kier molecular flexibility index (Phi) is 3.79. The third-order valence-corrected chi connectivity index (χ3v) is 4.21. The number of hydrogen-bond acceptors (Lipinski definition) is 1. The van der Waals surface area contributed by atoms with Crippen LogP contribution in [0.1, 0.15) is 17.2 Å². The lowest BCUT2D eigenvalue weighted by Gasteiger charge is -2.16. The van der Waals surface area contributed by atoms with Crippen LogP contribution in [0.5, 0.6) is 0 Å². The Morgan fingerprint density at radius 2 is 1.65 bits per heavy atom. The van der Waals surface area contributed by atoms with Crippen molar-refractivity contribution in [2.45, 2.75) is 6.10 Å². The summed E-state index contributed by atoms with van der Waals surface area (Å²) in [6.45, 7) is 0. The molecule has 1 atom stereocenters. The summed E-state index contributed by atoms with van der Waals surface area (Å²) in [6, 6.07) is 19.4. The highest BCUT2D eigenvalue weighted by atomic mass is 79.9. The van der Waals surface area contributed by atoms with Crippen LogP contribution in [-0.4, -0.2) is 5.11 Å². The first kappa shape index (κ1) is 13.6. The van der Waals surface area contributed by atoms with Crippen molar-refractivity contribution in [3.63, 3.8) is 0 Å². The lowest BCUT2D eigenvalue weighted by Crippen LogP contribution is -2.01. The highest BCUT2D eigenvalue weighted by molar-refractivity contribution is 9.10. The molecule has 0 fully saturated rings. The third-order valence-electron chi connectivity index (χ3n) is 3.37. The monoisotopic (exact) mass is 346 g/mol. The Morgan fingerprint density at radius 3 is 2.50 bits per heavy atom. The quantitative estimate of drug-likeness (QED) is 0.663. The minimum atomic E-state index is -0.744. The summed E-state index contributed by atoms with van der Waals surface area (Å²) >= 11 is 9.63. The molecule has 0 aliphatic carbocycles. The van der Waals surface area contributed by atoms with Gasteiger partial charge in [0.15, 0.2) is 0 Å². The van der Waals surface area contributed by atoms with Gasteiger partial charge in [0, 0.05) is 15.1 Å². The smallest absolute Gasteiger partial charge is 0.106 e. The van der Waals surface area contributed by atoms with Crippen molar-refractivity contribution in [1.82, 2.24) is 0 Å². The van der Waals surface area contributed by atoms with E-state index in [0.717, 1.165) is 20.8 Å². The number of aliphatic hydroxyl groups is 1. The average molecular weight is 348 g/mol. The molecule has 3 heteroatoms. The molecule has 0 spiro atoms. The number of benzene rings is 3. The van der Waals surface area contributed by atoms with E-state index >= 15 is 0 Å². The molecule has 0 saturated carbocycles. The van der Waals surface area contributed by atoms with Gasteiger partial charge >= 0.3 is 0 Å². The van der Waals surface area contributed by atoms with E-state index in [1.54, 1.807) is 6.07 Å². The molecular weight excluding hydrogens is 336 g/mol. The molecule has 3 aromatic rings. The number of aliphatic hydroxyl groups excluding tert-OH is 1. The van der Waals surface area contributed by atoms with Gasteiger partial charge < -0.3 is 5.11 Å². The van der Waals surface area contributed by atoms with E-state index in [1.165, 1.54) is 0 Å². The largest absolute Gasteiger partial charge is 0.384 e. The van der Waals surface area contributed by atoms with Gasteiger partial charge in [0.1, 0.15) is 6.10 Å². The SMILES string of the molecule is O[C@H](c1cc(Br)ccc1Cl)c1cccc2ccccc12. The Bertz CT molecular complexity index is 765. The second kappa shape index (κ2) is 5.57. The molecule has 0 bridgehead atoms. The van der Waals surface area contributed by atoms with Gasteiger partial charge in [0.05, 0.1) is 0 Å². The van der Waals surface area contributed by atoms with Gasteiger partial charge in [-0.05, 0) is 34.5 Å². The summed E-state index contributed by atoms with van der Waals surface area (Å²) in [6.07, 6.45) is -0.744. The van der Waals surface area contributed by atoms with Gasteiger partial charge in [-0.3, -0.25) is 0 Å². The van der Waals surface area contributed by atoms with Crippen molar-refractivity contribution in [2.75, 3.05) is 0 Å². The van der Waals surface area contributed by atoms with E-state index in [4.69, 9.17) is 11.6 Å². The topological polar surface area (TPSA) is 20.2 Å². The average Bonchev–Trinajstić information content (AvgIpc) is 2.48. The summed E-state index contributed by atoms with van der Waals surface area (Å²) in [5.74, 6) is 0. The summed E-state index contributed by atoms with van der Waals surface area (Å²) in [5, 5.41) is 13.4. The number of halogens is 2. The summed E-state index contributed by atoms with van der Waals surface area (Å²) in [4.78, 5) is 0. The molecule has 100 valence electrons. The molecule has 0 radical (unpaired) electrons. The van der Waals surface area contributed by atoms with Gasteiger partial charge in [0.2, 0.25) is 0 Å². The van der Waals surface area contributed by atoms with Crippen molar-refractivity contribution < 1.29 is 5.11 Å². The van der Waals surface area contributed by atoms with Crippen LogP contribution in [-0.2, 0) is 0 Å². The lowest BCUT2D eigenvalue weighted by atomic mass is 9.96. The molecule has 0 aromatic heterocycles. The molecule has 0 amide bonds. The number of rotatable bonds is 2. The summed E-state index contributed by atoms with van der Waals surface area (Å²) in [5.41, 5.74) is 1.57. The van der Waals surface area contributed by atoms with E-state index < -0.39 is 6.10 Å². The molecule has 0 heterocycles. The van der Waals surface area contributed by atoms with Crippen LogP contribution in [0.3, 0.4) is 0 Å². The first-order valence-electron chi connectivity index (χ1n) is 6.27. The van der Waals surface area contributed by atoms with Crippen LogP contribution < -0.4 is 0 Å². The zero-order chi connectivity index (χ0) is 14.1. The standard InChI is InChI=1S/C17H12BrClO/c18-12-8-9-16(19)15(10-12)17(20)14-7-3-5-11-4-1-2-6-13(11)14/h1-10,17,20H/t17-/m0/s1. The van der Waals surface area contributed by atoms with Crippen LogP contribution in [0.2, 0.25) is 5.02 Å². The first-order valence-corrected chi connectivity index (χ1v) is 7.44. The zero-order valence-electron chi connectivity index (χ0n) is 10.6. The molecular formula is C17H12BrClO. The van der Waals surface area contributed by atoms with Gasteiger partial charge in [-0.2, -0.15) is 0 Å². The predicted molar refractivity (Wildman–Crippen MR) is 87.2 cm³/mol. The predicted octanol–water partition coefficient (Wildman–Crippen LogP) is 5.34. The molecule has 0 saturated heterocycles. The second-order valence-electron chi connectivity index (χ2n) is 4.64. The molecule has 0 unspecified atom stereocenters. The van der Waals surface area contributed by atoms with E-state index in [1.807, 2.05) is 54.6 Å². The highest BCUT2D eigenvalue weighted by Gasteiger charge is 2.16. The van der Waals surface area contributed by atoms with E-state index in [9.17, 15) is 5.11 Å². The minimum absolute atomic E-state index is 0.564.